The van der Waals surface area contributed by atoms with Crippen molar-refractivity contribution in [2.75, 3.05) is 20.2 Å². The smallest absolute Gasteiger partial charge is 0.310 e. The normalized spacial score (nSPS) is 23.0. The fraction of sp³-hybridized carbons (Fsp3) is 0.588. The standard InChI is InChI=1S/C17H25NO3/c1-3-9-17(16(19)20)10-6-11-18(13-17)12-14-7-4-5-8-15(14)21-2/h4-5,7-8H,3,6,9-13H2,1-2H3,(H,19,20). The van der Waals surface area contributed by atoms with E-state index in [2.05, 4.69) is 17.9 Å². The lowest BCUT2D eigenvalue weighted by Crippen LogP contribution is -2.47. The molecule has 1 atom stereocenters. The van der Waals surface area contributed by atoms with Gasteiger partial charge in [0.15, 0.2) is 0 Å². The topological polar surface area (TPSA) is 49.8 Å². The number of hydrogen-bond acceptors (Lipinski definition) is 3. The van der Waals surface area contributed by atoms with Crippen LogP contribution >= 0.6 is 0 Å². The van der Waals surface area contributed by atoms with Crippen LogP contribution in [0.4, 0.5) is 0 Å². The van der Waals surface area contributed by atoms with Gasteiger partial charge in [-0.05, 0) is 31.9 Å². The maximum absolute atomic E-state index is 11.7. The maximum Gasteiger partial charge on any atom is 0.310 e. The van der Waals surface area contributed by atoms with Crippen LogP contribution in [0.3, 0.4) is 0 Å². The molecule has 0 bridgehead atoms. The number of ether oxygens (including phenoxy) is 1. The monoisotopic (exact) mass is 291 g/mol. The molecule has 0 spiro atoms. The zero-order valence-electron chi connectivity index (χ0n) is 13.0. The summed E-state index contributed by atoms with van der Waals surface area (Å²) >= 11 is 0. The van der Waals surface area contributed by atoms with Gasteiger partial charge in [0.1, 0.15) is 5.75 Å². The number of benzene rings is 1. The molecule has 0 aliphatic carbocycles. The van der Waals surface area contributed by atoms with Gasteiger partial charge in [-0.2, -0.15) is 0 Å². The molecule has 4 nitrogen and oxygen atoms in total. The van der Waals surface area contributed by atoms with Crippen molar-refractivity contribution in [3.8, 4) is 5.75 Å². The van der Waals surface area contributed by atoms with Crippen LogP contribution in [0.1, 0.15) is 38.2 Å². The van der Waals surface area contributed by atoms with Crippen molar-refractivity contribution < 1.29 is 14.6 Å². The molecular weight excluding hydrogens is 266 g/mol. The van der Waals surface area contributed by atoms with Crippen molar-refractivity contribution in [1.82, 2.24) is 4.90 Å². The summed E-state index contributed by atoms with van der Waals surface area (Å²) in [5.41, 5.74) is 0.548. The lowest BCUT2D eigenvalue weighted by atomic mass is 9.76. The Bertz CT molecular complexity index is 485. The minimum atomic E-state index is -0.644. The predicted octanol–water partition coefficient (Wildman–Crippen LogP) is 3.16. The van der Waals surface area contributed by atoms with Crippen molar-refractivity contribution in [2.24, 2.45) is 5.41 Å². The third kappa shape index (κ3) is 3.56. The highest BCUT2D eigenvalue weighted by Gasteiger charge is 2.41. The Morgan fingerprint density at radius 3 is 2.86 bits per heavy atom. The van der Waals surface area contributed by atoms with Crippen LogP contribution in [0.25, 0.3) is 0 Å². The number of rotatable bonds is 6. The minimum absolute atomic E-state index is 0.574. The molecule has 1 aromatic rings. The largest absolute Gasteiger partial charge is 0.496 e. The van der Waals surface area contributed by atoms with Crippen LogP contribution in [0.2, 0.25) is 0 Å². The second-order valence-electron chi connectivity index (χ2n) is 5.96. The SMILES string of the molecule is CCCC1(C(=O)O)CCCN(Cc2ccccc2OC)C1. The summed E-state index contributed by atoms with van der Waals surface area (Å²) in [4.78, 5) is 14.0. The number of piperidine rings is 1. The third-order valence-corrected chi connectivity index (χ3v) is 4.42. The highest BCUT2D eigenvalue weighted by Crippen LogP contribution is 2.36. The van der Waals surface area contributed by atoms with Crippen molar-refractivity contribution in [3.63, 3.8) is 0 Å². The highest BCUT2D eigenvalue weighted by atomic mass is 16.5. The lowest BCUT2D eigenvalue weighted by molar-refractivity contribution is -0.153. The van der Waals surface area contributed by atoms with Crippen LogP contribution < -0.4 is 4.74 Å². The molecule has 0 radical (unpaired) electrons. The molecule has 21 heavy (non-hydrogen) atoms. The first-order valence-electron chi connectivity index (χ1n) is 7.69. The van der Waals surface area contributed by atoms with Crippen LogP contribution in [0, 0.1) is 5.41 Å². The molecule has 1 fully saturated rings. The highest BCUT2D eigenvalue weighted by molar-refractivity contribution is 5.75. The molecule has 0 amide bonds. The number of carboxylic acids is 1. The summed E-state index contributed by atoms with van der Waals surface area (Å²) in [6, 6.07) is 7.96. The number of nitrogens with zero attached hydrogens (tertiary/aromatic N) is 1. The van der Waals surface area contributed by atoms with E-state index < -0.39 is 11.4 Å². The zero-order valence-corrected chi connectivity index (χ0v) is 13.0. The Kier molecular flexibility index (Phi) is 5.23. The van der Waals surface area contributed by atoms with E-state index in [0.717, 1.165) is 50.1 Å². The van der Waals surface area contributed by atoms with E-state index in [0.29, 0.717) is 6.54 Å². The minimum Gasteiger partial charge on any atom is -0.496 e. The molecule has 116 valence electrons. The van der Waals surface area contributed by atoms with Crippen LogP contribution in [0.5, 0.6) is 5.75 Å². The summed E-state index contributed by atoms with van der Waals surface area (Å²) in [6.45, 7) is 4.40. The van der Waals surface area contributed by atoms with E-state index in [4.69, 9.17) is 4.74 Å². The summed E-state index contributed by atoms with van der Waals surface area (Å²) in [5, 5.41) is 9.65. The summed E-state index contributed by atoms with van der Waals surface area (Å²) in [6.07, 6.45) is 3.40. The Morgan fingerprint density at radius 2 is 2.19 bits per heavy atom. The Hall–Kier alpha value is -1.55. The fourth-order valence-corrected chi connectivity index (χ4v) is 3.40. The van der Waals surface area contributed by atoms with Gasteiger partial charge in [0.05, 0.1) is 12.5 Å². The molecule has 1 N–H and O–H groups in total. The van der Waals surface area contributed by atoms with E-state index in [1.807, 2.05) is 18.2 Å². The molecule has 0 saturated carbocycles. The first-order valence-corrected chi connectivity index (χ1v) is 7.69. The molecule has 1 aromatic carbocycles. The second kappa shape index (κ2) is 6.94. The third-order valence-electron chi connectivity index (χ3n) is 4.42. The Morgan fingerprint density at radius 1 is 1.43 bits per heavy atom. The van der Waals surface area contributed by atoms with Gasteiger partial charge >= 0.3 is 5.97 Å². The quantitative estimate of drug-likeness (QED) is 0.874. The van der Waals surface area contributed by atoms with Crippen molar-refractivity contribution in [2.45, 2.75) is 39.2 Å². The molecule has 1 unspecified atom stereocenters. The summed E-state index contributed by atoms with van der Waals surface area (Å²) in [5.74, 6) is 0.230. The number of aliphatic carboxylic acids is 1. The molecular formula is C17H25NO3. The van der Waals surface area contributed by atoms with Crippen LogP contribution in [-0.4, -0.2) is 36.2 Å². The number of methoxy groups -OCH3 is 1. The number of carbonyl (C=O) groups is 1. The molecule has 1 saturated heterocycles. The second-order valence-corrected chi connectivity index (χ2v) is 5.96. The molecule has 4 heteroatoms. The zero-order chi connectivity index (χ0) is 15.3. The molecule has 1 aliphatic rings. The Labute approximate surface area is 126 Å². The van der Waals surface area contributed by atoms with Gasteiger partial charge in [0.2, 0.25) is 0 Å². The van der Waals surface area contributed by atoms with Crippen molar-refractivity contribution in [3.05, 3.63) is 29.8 Å². The van der Waals surface area contributed by atoms with E-state index >= 15 is 0 Å². The molecule has 0 aromatic heterocycles. The van der Waals surface area contributed by atoms with E-state index in [-0.39, 0.29) is 0 Å². The molecule has 1 heterocycles. The summed E-state index contributed by atoms with van der Waals surface area (Å²) in [7, 11) is 1.67. The van der Waals surface area contributed by atoms with E-state index in [1.54, 1.807) is 7.11 Å². The number of carboxylic acid groups (broad SMARTS) is 1. The maximum atomic E-state index is 11.7. The van der Waals surface area contributed by atoms with Gasteiger partial charge < -0.3 is 9.84 Å². The van der Waals surface area contributed by atoms with E-state index in [9.17, 15) is 9.90 Å². The first kappa shape index (κ1) is 15.8. The molecule has 2 rings (SSSR count). The Balaban J connectivity index is 2.12. The summed E-state index contributed by atoms with van der Waals surface area (Å²) < 4.78 is 5.39. The van der Waals surface area contributed by atoms with Crippen LogP contribution in [-0.2, 0) is 11.3 Å². The predicted molar refractivity (Wildman–Crippen MR) is 82.5 cm³/mol. The van der Waals surface area contributed by atoms with Gasteiger partial charge in [-0.1, -0.05) is 31.5 Å². The number of para-hydroxylation sites is 1. The fourth-order valence-electron chi connectivity index (χ4n) is 3.40. The average molecular weight is 291 g/mol. The van der Waals surface area contributed by atoms with Crippen LogP contribution in [0.15, 0.2) is 24.3 Å². The first-order chi connectivity index (χ1) is 10.1. The van der Waals surface area contributed by atoms with E-state index in [1.165, 1.54) is 0 Å². The number of likely N-dealkylation sites (tertiary alicyclic amines) is 1. The van der Waals surface area contributed by atoms with Crippen molar-refractivity contribution in [1.29, 1.82) is 0 Å². The molecule has 1 aliphatic heterocycles. The average Bonchev–Trinajstić information content (AvgIpc) is 2.48. The van der Waals surface area contributed by atoms with Gasteiger partial charge in [0.25, 0.3) is 0 Å². The van der Waals surface area contributed by atoms with Gasteiger partial charge in [-0.25, -0.2) is 0 Å². The van der Waals surface area contributed by atoms with Crippen molar-refractivity contribution >= 4 is 5.97 Å². The number of hydrogen-bond donors (Lipinski definition) is 1. The lowest BCUT2D eigenvalue weighted by Gasteiger charge is -2.40. The van der Waals surface area contributed by atoms with Gasteiger partial charge in [-0.3, -0.25) is 9.69 Å². The van der Waals surface area contributed by atoms with Gasteiger partial charge in [-0.15, -0.1) is 0 Å². The van der Waals surface area contributed by atoms with Gasteiger partial charge in [0, 0.05) is 18.7 Å².